The van der Waals surface area contributed by atoms with Crippen LogP contribution in [0.3, 0.4) is 0 Å². The molecule has 180 valence electrons. The Kier molecular flexibility index (Phi) is 8.50. The summed E-state index contributed by atoms with van der Waals surface area (Å²) in [7, 11) is 0.588. The molecule has 0 radical (unpaired) electrons. The zero-order valence-electron chi connectivity index (χ0n) is 19.4. The summed E-state index contributed by atoms with van der Waals surface area (Å²) >= 11 is 0. The van der Waals surface area contributed by atoms with Crippen molar-refractivity contribution in [2.45, 2.75) is 11.3 Å². The molecule has 0 aliphatic rings. The van der Waals surface area contributed by atoms with Crippen molar-refractivity contribution in [2.75, 3.05) is 39.7 Å². The number of nitrogens with zero attached hydrogens (tertiary/aromatic N) is 1. The number of rotatable bonds is 11. The van der Waals surface area contributed by atoms with E-state index >= 15 is 0 Å². The van der Waals surface area contributed by atoms with Crippen molar-refractivity contribution in [1.82, 2.24) is 4.31 Å². The molecule has 0 spiro atoms. The largest absolute Gasteiger partial charge is 0.497 e. The SMILES string of the molecule is COc1ccc(S(=O)(=O)N(CCc2ccccc2)CC(=O)Nc2ccc(OC)c(OC)c2)cc1. The number of ether oxygens (including phenoxy) is 3. The minimum atomic E-state index is -3.93. The van der Waals surface area contributed by atoms with E-state index in [4.69, 9.17) is 14.2 Å². The van der Waals surface area contributed by atoms with Crippen molar-refractivity contribution in [2.24, 2.45) is 0 Å². The number of amides is 1. The van der Waals surface area contributed by atoms with Crippen molar-refractivity contribution in [3.8, 4) is 17.2 Å². The van der Waals surface area contributed by atoms with Gasteiger partial charge in [0.05, 0.1) is 32.8 Å². The Morgan fingerprint density at radius 3 is 2.15 bits per heavy atom. The molecule has 0 aliphatic carbocycles. The van der Waals surface area contributed by atoms with Gasteiger partial charge in [0, 0.05) is 18.3 Å². The molecule has 0 saturated carbocycles. The first-order chi connectivity index (χ1) is 16.4. The first-order valence-electron chi connectivity index (χ1n) is 10.6. The van der Waals surface area contributed by atoms with Crippen molar-refractivity contribution in [3.05, 3.63) is 78.4 Å². The number of nitrogens with one attached hydrogen (secondary N) is 1. The van der Waals surface area contributed by atoms with Gasteiger partial charge in [-0.1, -0.05) is 30.3 Å². The van der Waals surface area contributed by atoms with Crippen LogP contribution in [0.5, 0.6) is 17.2 Å². The number of benzene rings is 3. The maximum atomic E-state index is 13.4. The summed E-state index contributed by atoms with van der Waals surface area (Å²) in [5.41, 5.74) is 1.44. The number of hydrogen-bond acceptors (Lipinski definition) is 6. The molecule has 0 fully saturated rings. The fourth-order valence-electron chi connectivity index (χ4n) is 3.35. The quantitative estimate of drug-likeness (QED) is 0.447. The molecular weight excluding hydrogens is 456 g/mol. The van der Waals surface area contributed by atoms with E-state index in [2.05, 4.69) is 5.32 Å². The predicted octanol–water partition coefficient (Wildman–Crippen LogP) is 3.58. The lowest BCUT2D eigenvalue weighted by Gasteiger charge is -2.22. The van der Waals surface area contributed by atoms with Crippen molar-refractivity contribution in [3.63, 3.8) is 0 Å². The van der Waals surface area contributed by atoms with Crippen molar-refractivity contribution >= 4 is 21.6 Å². The Morgan fingerprint density at radius 1 is 0.853 bits per heavy atom. The molecule has 34 heavy (non-hydrogen) atoms. The number of hydrogen-bond donors (Lipinski definition) is 1. The second-order valence-corrected chi connectivity index (χ2v) is 9.31. The Balaban J connectivity index is 1.81. The van der Waals surface area contributed by atoms with Gasteiger partial charge in [0.1, 0.15) is 5.75 Å². The van der Waals surface area contributed by atoms with Crippen LogP contribution in [0.1, 0.15) is 5.56 Å². The fraction of sp³-hybridized carbons (Fsp3) is 0.240. The molecule has 0 unspecified atom stereocenters. The zero-order chi connectivity index (χ0) is 24.6. The van der Waals surface area contributed by atoms with Crippen LogP contribution in [0.15, 0.2) is 77.7 Å². The van der Waals surface area contributed by atoms with Crippen molar-refractivity contribution in [1.29, 1.82) is 0 Å². The minimum Gasteiger partial charge on any atom is -0.497 e. The van der Waals surface area contributed by atoms with E-state index in [-0.39, 0.29) is 18.0 Å². The lowest BCUT2D eigenvalue weighted by molar-refractivity contribution is -0.116. The van der Waals surface area contributed by atoms with Gasteiger partial charge >= 0.3 is 0 Å². The van der Waals surface area contributed by atoms with Gasteiger partial charge in [0.25, 0.3) is 0 Å². The van der Waals surface area contributed by atoms with Crippen LogP contribution in [0, 0.1) is 0 Å². The van der Waals surface area contributed by atoms with E-state index < -0.39 is 15.9 Å². The number of sulfonamides is 1. The molecule has 0 atom stereocenters. The summed E-state index contributed by atoms with van der Waals surface area (Å²) in [6, 6.07) is 20.5. The Bertz CT molecular complexity index is 1200. The number of carbonyl (C=O) groups excluding carboxylic acids is 1. The van der Waals surface area contributed by atoms with Crippen LogP contribution in [-0.4, -0.2) is 53.0 Å². The molecule has 1 amide bonds. The van der Waals surface area contributed by atoms with Crippen LogP contribution >= 0.6 is 0 Å². The highest BCUT2D eigenvalue weighted by molar-refractivity contribution is 7.89. The van der Waals surface area contributed by atoms with Gasteiger partial charge in [0.2, 0.25) is 15.9 Å². The second kappa shape index (κ2) is 11.5. The smallest absolute Gasteiger partial charge is 0.243 e. The number of anilines is 1. The van der Waals surface area contributed by atoms with Gasteiger partial charge in [0.15, 0.2) is 11.5 Å². The molecule has 0 heterocycles. The van der Waals surface area contributed by atoms with E-state index in [9.17, 15) is 13.2 Å². The Hall–Kier alpha value is -3.56. The fourth-order valence-corrected chi connectivity index (χ4v) is 4.75. The lowest BCUT2D eigenvalue weighted by Crippen LogP contribution is -2.39. The third kappa shape index (κ3) is 6.27. The standard InChI is InChI=1S/C25H28N2O6S/c1-31-21-10-12-22(13-11-21)34(29,30)27(16-15-19-7-5-4-6-8-19)18-25(28)26-20-9-14-23(32-2)24(17-20)33-3/h4-14,17H,15-16,18H2,1-3H3,(H,26,28). The molecule has 0 saturated heterocycles. The van der Waals surface area contributed by atoms with E-state index in [1.54, 1.807) is 30.3 Å². The molecule has 8 nitrogen and oxygen atoms in total. The predicted molar refractivity (Wildman–Crippen MR) is 130 cm³/mol. The molecule has 3 aromatic rings. The van der Waals surface area contributed by atoms with E-state index in [1.165, 1.54) is 37.8 Å². The minimum absolute atomic E-state index is 0.0836. The van der Waals surface area contributed by atoms with Crippen LogP contribution in [0.2, 0.25) is 0 Å². The van der Waals surface area contributed by atoms with Crippen LogP contribution in [0.25, 0.3) is 0 Å². The summed E-state index contributed by atoms with van der Waals surface area (Å²) in [4.78, 5) is 12.9. The highest BCUT2D eigenvalue weighted by Gasteiger charge is 2.27. The van der Waals surface area contributed by atoms with Gasteiger partial charge < -0.3 is 19.5 Å². The van der Waals surface area contributed by atoms with E-state index in [1.807, 2.05) is 30.3 Å². The molecule has 0 bridgehead atoms. The topological polar surface area (TPSA) is 94.2 Å². The first kappa shape index (κ1) is 25.1. The highest BCUT2D eigenvalue weighted by Crippen LogP contribution is 2.29. The third-order valence-electron chi connectivity index (χ3n) is 5.18. The molecule has 0 aliphatic heterocycles. The maximum absolute atomic E-state index is 13.4. The maximum Gasteiger partial charge on any atom is 0.243 e. The summed E-state index contributed by atoms with van der Waals surface area (Å²) in [6.07, 6.45) is 0.458. The lowest BCUT2D eigenvalue weighted by atomic mass is 10.1. The second-order valence-electron chi connectivity index (χ2n) is 7.37. The van der Waals surface area contributed by atoms with Crippen LogP contribution in [-0.2, 0) is 21.2 Å². The number of methoxy groups -OCH3 is 3. The summed E-state index contributed by atoms with van der Waals surface area (Å²) < 4.78 is 43.6. The molecule has 3 rings (SSSR count). The molecule has 3 aromatic carbocycles. The van der Waals surface area contributed by atoms with Gasteiger partial charge in [-0.3, -0.25) is 4.79 Å². The van der Waals surface area contributed by atoms with Crippen LogP contribution < -0.4 is 19.5 Å². The monoisotopic (exact) mass is 484 g/mol. The Morgan fingerprint density at radius 2 is 1.53 bits per heavy atom. The summed E-state index contributed by atoms with van der Waals surface area (Å²) in [5, 5.41) is 2.74. The van der Waals surface area contributed by atoms with Crippen LogP contribution in [0.4, 0.5) is 5.69 Å². The Labute approximate surface area is 200 Å². The zero-order valence-corrected chi connectivity index (χ0v) is 20.2. The summed E-state index contributed by atoms with van der Waals surface area (Å²) in [6.45, 7) is -0.215. The van der Waals surface area contributed by atoms with Gasteiger partial charge in [-0.25, -0.2) is 8.42 Å². The molecule has 0 aromatic heterocycles. The summed E-state index contributed by atoms with van der Waals surface area (Å²) in [5.74, 6) is 1.04. The van der Waals surface area contributed by atoms with Crippen molar-refractivity contribution < 1.29 is 27.4 Å². The average Bonchev–Trinajstić information content (AvgIpc) is 2.86. The van der Waals surface area contributed by atoms with Gasteiger partial charge in [-0.15, -0.1) is 0 Å². The van der Waals surface area contributed by atoms with E-state index in [0.29, 0.717) is 29.4 Å². The number of carbonyl (C=O) groups is 1. The normalized spacial score (nSPS) is 11.2. The third-order valence-corrected chi connectivity index (χ3v) is 7.04. The highest BCUT2D eigenvalue weighted by atomic mass is 32.2. The molecular formula is C25H28N2O6S. The average molecular weight is 485 g/mol. The van der Waals surface area contributed by atoms with E-state index in [0.717, 1.165) is 5.56 Å². The first-order valence-corrected chi connectivity index (χ1v) is 12.0. The molecule has 1 N–H and O–H groups in total. The van der Waals surface area contributed by atoms with Gasteiger partial charge in [-0.2, -0.15) is 4.31 Å². The van der Waals surface area contributed by atoms with Gasteiger partial charge in [-0.05, 0) is 48.4 Å². The molecule has 9 heteroatoms.